The van der Waals surface area contributed by atoms with Gasteiger partial charge < -0.3 is 14.9 Å². The Morgan fingerprint density at radius 3 is 2.84 bits per heavy atom. The average molecular weight is 297 g/mol. The van der Waals surface area contributed by atoms with E-state index < -0.39 is 11.2 Å². The molecule has 0 spiro atoms. The van der Waals surface area contributed by atoms with Crippen molar-refractivity contribution in [2.24, 2.45) is 0 Å². The number of nitrogens with one attached hydrogen (secondary N) is 1. The van der Waals surface area contributed by atoms with Gasteiger partial charge in [0.2, 0.25) is 0 Å². The van der Waals surface area contributed by atoms with Gasteiger partial charge in [0.25, 0.3) is 5.56 Å². The Balaban J connectivity index is 2.31. The Labute approximate surface area is 118 Å². The van der Waals surface area contributed by atoms with Gasteiger partial charge in [-0.25, -0.2) is 4.98 Å². The number of hydrogen-bond acceptors (Lipinski definition) is 6. The van der Waals surface area contributed by atoms with Crippen molar-refractivity contribution in [2.45, 2.75) is 31.8 Å². The SMILES string of the molecule is Cc1sc2nc(CS[C@@H](C)C(=O)[O-])[nH]c(=O)c2c1C. The summed E-state index contributed by atoms with van der Waals surface area (Å²) in [5.41, 5.74) is 0.791. The second kappa shape index (κ2) is 5.34. The van der Waals surface area contributed by atoms with Gasteiger partial charge in [-0.1, -0.05) is 0 Å². The largest absolute Gasteiger partial charge is 0.549 e. The van der Waals surface area contributed by atoms with Crippen molar-refractivity contribution in [3.05, 3.63) is 26.6 Å². The lowest BCUT2D eigenvalue weighted by Crippen LogP contribution is -2.31. The molecule has 0 unspecified atom stereocenters. The lowest BCUT2D eigenvalue weighted by atomic mass is 10.2. The maximum absolute atomic E-state index is 12.0. The normalized spacial score (nSPS) is 12.8. The molecule has 19 heavy (non-hydrogen) atoms. The van der Waals surface area contributed by atoms with Gasteiger partial charge in [-0.3, -0.25) is 4.79 Å². The van der Waals surface area contributed by atoms with Crippen LogP contribution >= 0.6 is 23.1 Å². The van der Waals surface area contributed by atoms with Crippen LogP contribution in [0.4, 0.5) is 0 Å². The van der Waals surface area contributed by atoms with Gasteiger partial charge >= 0.3 is 0 Å². The number of aromatic amines is 1. The topological polar surface area (TPSA) is 85.9 Å². The highest BCUT2D eigenvalue weighted by Gasteiger charge is 2.12. The summed E-state index contributed by atoms with van der Waals surface area (Å²) in [4.78, 5) is 31.5. The van der Waals surface area contributed by atoms with Crippen molar-refractivity contribution < 1.29 is 9.90 Å². The summed E-state index contributed by atoms with van der Waals surface area (Å²) in [6.45, 7) is 5.40. The highest BCUT2D eigenvalue weighted by Crippen LogP contribution is 2.26. The highest BCUT2D eigenvalue weighted by atomic mass is 32.2. The number of carbonyl (C=O) groups is 1. The van der Waals surface area contributed by atoms with E-state index in [9.17, 15) is 14.7 Å². The fourth-order valence-corrected chi connectivity index (χ4v) is 3.37. The molecule has 2 aromatic rings. The van der Waals surface area contributed by atoms with Gasteiger partial charge in [0, 0.05) is 10.1 Å². The molecular formula is C12H13N2O3S2-. The Hall–Kier alpha value is -1.34. The van der Waals surface area contributed by atoms with Crippen LogP contribution in [0.15, 0.2) is 4.79 Å². The zero-order valence-corrected chi connectivity index (χ0v) is 12.4. The van der Waals surface area contributed by atoms with E-state index in [1.807, 2.05) is 13.8 Å². The van der Waals surface area contributed by atoms with E-state index in [0.717, 1.165) is 10.4 Å². The van der Waals surface area contributed by atoms with Gasteiger partial charge in [-0.05, 0) is 26.3 Å². The molecule has 7 heteroatoms. The number of carboxylic acid groups (broad SMARTS) is 1. The van der Waals surface area contributed by atoms with Crippen LogP contribution < -0.4 is 10.7 Å². The number of H-pyrrole nitrogens is 1. The molecule has 2 aromatic heterocycles. The Bertz CT molecular complexity index is 690. The Morgan fingerprint density at radius 2 is 2.21 bits per heavy atom. The molecule has 0 bridgehead atoms. The third-order valence-electron chi connectivity index (χ3n) is 2.89. The van der Waals surface area contributed by atoms with E-state index in [1.54, 1.807) is 6.92 Å². The average Bonchev–Trinajstić information content (AvgIpc) is 2.62. The van der Waals surface area contributed by atoms with Crippen LogP contribution in [0, 0.1) is 13.8 Å². The first-order valence-electron chi connectivity index (χ1n) is 5.71. The van der Waals surface area contributed by atoms with Crippen LogP contribution in [-0.4, -0.2) is 21.2 Å². The molecule has 0 aliphatic heterocycles. The van der Waals surface area contributed by atoms with Crippen LogP contribution in [0.1, 0.15) is 23.2 Å². The molecular weight excluding hydrogens is 284 g/mol. The van der Waals surface area contributed by atoms with Crippen molar-refractivity contribution in [3.63, 3.8) is 0 Å². The molecule has 2 heterocycles. The van der Waals surface area contributed by atoms with Crippen molar-refractivity contribution in [1.82, 2.24) is 9.97 Å². The van der Waals surface area contributed by atoms with Gasteiger partial charge in [0.1, 0.15) is 10.7 Å². The van der Waals surface area contributed by atoms with Crippen LogP contribution in [-0.2, 0) is 10.5 Å². The maximum atomic E-state index is 12.0. The number of aliphatic carboxylic acids is 1. The molecule has 0 amide bonds. The molecule has 0 aromatic carbocycles. The molecule has 0 aliphatic carbocycles. The fourth-order valence-electron chi connectivity index (χ4n) is 1.64. The molecule has 5 nitrogen and oxygen atoms in total. The second-order valence-corrected chi connectivity index (χ2v) is 6.78. The number of carbonyl (C=O) groups excluding carboxylic acids is 1. The van der Waals surface area contributed by atoms with Crippen molar-refractivity contribution in [1.29, 1.82) is 0 Å². The van der Waals surface area contributed by atoms with E-state index >= 15 is 0 Å². The summed E-state index contributed by atoms with van der Waals surface area (Å²) in [6.07, 6.45) is 0. The Kier molecular flexibility index (Phi) is 3.96. The number of carboxylic acids is 1. The molecule has 0 saturated heterocycles. The molecule has 2 rings (SSSR count). The molecule has 0 fully saturated rings. The number of thioether (sulfide) groups is 1. The summed E-state index contributed by atoms with van der Waals surface area (Å²) in [5, 5.41) is 10.6. The minimum atomic E-state index is -1.11. The minimum absolute atomic E-state index is 0.163. The molecule has 0 radical (unpaired) electrons. The third kappa shape index (κ3) is 2.82. The minimum Gasteiger partial charge on any atom is -0.549 e. The van der Waals surface area contributed by atoms with Crippen LogP contribution in [0.2, 0.25) is 0 Å². The fraction of sp³-hybridized carbons (Fsp3) is 0.417. The molecule has 0 saturated carbocycles. The zero-order chi connectivity index (χ0) is 14.2. The van der Waals surface area contributed by atoms with E-state index in [1.165, 1.54) is 23.1 Å². The Morgan fingerprint density at radius 1 is 1.53 bits per heavy atom. The van der Waals surface area contributed by atoms with Crippen LogP contribution in [0.3, 0.4) is 0 Å². The quantitative estimate of drug-likeness (QED) is 0.909. The van der Waals surface area contributed by atoms with E-state index in [-0.39, 0.29) is 5.56 Å². The number of fused-ring (bicyclic) bond motifs is 1. The van der Waals surface area contributed by atoms with E-state index in [2.05, 4.69) is 9.97 Å². The van der Waals surface area contributed by atoms with Gasteiger partial charge in [0.05, 0.1) is 17.1 Å². The van der Waals surface area contributed by atoms with Crippen LogP contribution in [0.5, 0.6) is 0 Å². The third-order valence-corrected chi connectivity index (χ3v) is 5.12. The first kappa shape index (κ1) is 14.1. The monoisotopic (exact) mass is 297 g/mol. The van der Waals surface area contributed by atoms with Crippen molar-refractivity contribution in [3.8, 4) is 0 Å². The first-order chi connectivity index (χ1) is 8.90. The van der Waals surface area contributed by atoms with Gasteiger partial charge in [-0.2, -0.15) is 0 Å². The summed E-state index contributed by atoms with van der Waals surface area (Å²) in [5.74, 6) is -0.274. The van der Waals surface area contributed by atoms with Crippen molar-refractivity contribution >= 4 is 39.3 Å². The molecule has 1 atom stereocenters. The van der Waals surface area contributed by atoms with Crippen molar-refractivity contribution in [2.75, 3.05) is 0 Å². The molecule has 102 valence electrons. The standard InChI is InChI=1S/C12H14N2O3S2/c1-5-6(2)19-11-9(5)10(15)13-8(14-11)4-18-7(3)12(16)17/h7H,4H2,1-3H3,(H,16,17)(H,13,14,15)/p-1/t7-/m0/s1. The summed E-state index contributed by atoms with van der Waals surface area (Å²) < 4.78 is 0. The molecule has 1 N–H and O–H groups in total. The van der Waals surface area contributed by atoms with E-state index in [0.29, 0.717) is 21.8 Å². The van der Waals surface area contributed by atoms with Gasteiger partial charge in [0.15, 0.2) is 0 Å². The smallest absolute Gasteiger partial charge is 0.259 e. The maximum Gasteiger partial charge on any atom is 0.259 e. The summed E-state index contributed by atoms with van der Waals surface area (Å²) in [6, 6.07) is 0. The highest BCUT2D eigenvalue weighted by molar-refractivity contribution is 7.99. The number of hydrogen-bond donors (Lipinski definition) is 1. The van der Waals surface area contributed by atoms with Crippen LogP contribution in [0.25, 0.3) is 10.2 Å². The zero-order valence-electron chi connectivity index (χ0n) is 10.8. The number of nitrogens with zero attached hydrogens (tertiary/aromatic N) is 1. The van der Waals surface area contributed by atoms with E-state index in [4.69, 9.17) is 0 Å². The molecule has 0 aliphatic rings. The lowest BCUT2D eigenvalue weighted by Gasteiger charge is -2.11. The number of thiophene rings is 1. The number of aromatic nitrogens is 2. The predicted octanol–water partition coefficient (Wildman–Crippen LogP) is 0.973. The van der Waals surface area contributed by atoms with Gasteiger partial charge in [-0.15, -0.1) is 23.1 Å². The number of aryl methyl sites for hydroxylation is 2. The number of rotatable bonds is 4. The summed E-state index contributed by atoms with van der Waals surface area (Å²) in [7, 11) is 0. The second-order valence-electron chi connectivity index (χ2n) is 4.25. The lowest BCUT2D eigenvalue weighted by molar-refractivity contribution is -0.304. The first-order valence-corrected chi connectivity index (χ1v) is 7.58. The predicted molar refractivity (Wildman–Crippen MR) is 75.5 cm³/mol. The summed E-state index contributed by atoms with van der Waals surface area (Å²) >= 11 is 2.65.